The van der Waals surface area contributed by atoms with Gasteiger partial charge in [-0.05, 0) is 31.9 Å². The number of para-hydroxylation sites is 1. The zero-order valence-electron chi connectivity index (χ0n) is 10.6. The van der Waals surface area contributed by atoms with E-state index in [1.165, 1.54) is 11.1 Å². The predicted molar refractivity (Wildman–Crippen MR) is 74.9 cm³/mol. The summed E-state index contributed by atoms with van der Waals surface area (Å²) in [6, 6.07) is 8.28. The molecule has 1 aromatic heterocycles. The summed E-state index contributed by atoms with van der Waals surface area (Å²) in [4.78, 5) is 4.61. The van der Waals surface area contributed by atoms with Gasteiger partial charge in [0.2, 0.25) is 0 Å². The summed E-state index contributed by atoms with van der Waals surface area (Å²) in [5, 5.41) is 4.62. The third kappa shape index (κ3) is 2.55. The van der Waals surface area contributed by atoms with Crippen molar-refractivity contribution >= 4 is 21.6 Å². The van der Waals surface area contributed by atoms with E-state index in [0.29, 0.717) is 0 Å². The largest absolute Gasteiger partial charge is 0.374 e. The van der Waals surface area contributed by atoms with E-state index in [2.05, 4.69) is 35.4 Å². The van der Waals surface area contributed by atoms with Crippen LogP contribution in [0.3, 0.4) is 0 Å². The van der Waals surface area contributed by atoms with Crippen LogP contribution in [0.15, 0.2) is 24.3 Å². The monoisotopic (exact) mass is 262 g/mol. The molecule has 0 aliphatic carbocycles. The molecule has 96 valence electrons. The summed E-state index contributed by atoms with van der Waals surface area (Å²) < 4.78 is 7.02. The number of hydrogen-bond donors (Lipinski definition) is 1. The lowest BCUT2D eigenvalue weighted by Crippen LogP contribution is -2.36. The van der Waals surface area contributed by atoms with Gasteiger partial charge in [0, 0.05) is 19.7 Å². The third-order valence-electron chi connectivity index (χ3n) is 3.41. The van der Waals surface area contributed by atoms with Gasteiger partial charge >= 0.3 is 0 Å². The molecule has 0 saturated carbocycles. The fourth-order valence-corrected chi connectivity index (χ4v) is 3.34. The highest BCUT2D eigenvalue weighted by Crippen LogP contribution is 2.25. The van der Waals surface area contributed by atoms with E-state index in [9.17, 15) is 0 Å². The number of hydrogen-bond acceptors (Lipinski definition) is 4. The number of aromatic nitrogens is 1. The number of fused-ring (bicyclic) bond motifs is 1. The minimum absolute atomic E-state index is 0.0245. The second kappa shape index (κ2) is 4.96. The zero-order valence-corrected chi connectivity index (χ0v) is 11.4. The van der Waals surface area contributed by atoms with E-state index in [1.807, 2.05) is 6.07 Å². The number of benzene rings is 1. The lowest BCUT2D eigenvalue weighted by molar-refractivity contribution is 0.0207. The van der Waals surface area contributed by atoms with Gasteiger partial charge in [-0.2, -0.15) is 0 Å². The van der Waals surface area contributed by atoms with Crippen LogP contribution in [0.25, 0.3) is 10.2 Å². The quantitative estimate of drug-likeness (QED) is 0.920. The third-order valence-corrected chi connectivity index (χ3v) is 4.45. The Morgan fingerprint density at radius 1 is 1.44 bits per heavy atom. The first-order valence-electron chi connectivity index (χ1n) is 6.44. The summed E-state index contributed by atoms with van der Waals surface area (Å²) in [5.41, 5.74) is 1.12. The second-order valence-electron chi connectivity index (χ2n) is 5.08. The number of nitrogens with zero attached hydrogens (tertiary/aromatic N) is 1. The SMILES string of the molecule is CC1(CNCc2nc3ccccc3s2)CCCO1. The van der Waals surface area contributed by atoms with Crippen LogP contribution in [0.1, 0.15) is 24.8 Å². The van der Waals surface area contributed by atoms with Gasteiger partial charge in [0.1, 0.15) is 5.01 Å². The fraction of sp³-hybridized carbons (Fsp3) is 0.500. The molecule has 1 atom stereocenters. The van der Waals surface area contributed by atoms with Crippen molar-refractivity contribution in [3.63, 3.8) is 0 Å². The molecular formula is C14H18N2OS. The maximum Gasteiger partial charge on any atom is 0.108 e. The molecule has 3 rings (SSSR count). The first-order chi connectivity index (χ1) is 8.75. The molecule has 4 heteroatoms. The minimum atomic E-state index is 0.0245. The van der Waals surface area contributed by atoms with Crippen molar-refractivity contribution < 1.29 is 4.74 Å². The minimum Gasteiger partial charge on any atom is -0.374 e. The highest BCUT2D eigenvalue weighted by molar-refractivity contribution is 7.18. The first kappa shape index (κ1) is 12.1. The highest BCUT2D eigenvalue weighted by Gasteiger charge is 2.29. The Bertz CT molecular complexity index is 498. The van der Waals surface area contributed by atoms with E-state index in [0.717, 1.165) is 36.6 Å². The molecule has 0 spiro atoms. The molecule has 2 aromatic rings. The van der Waals surface area contributed by atoms with E-state index in [4.69, 9.17) is 4.74 Å². The van der Waals surface area contributed by atoms with Crippen LogP contribution < -0.4 is 5.32 Å². The summed E-state index contributed by atoms with van der Waals surface area (Å²) >= 11 is 1.76. The van der Waals surface area contributed by atoms with Gasteiger partial charge in [0.05, 0.1) is 15.8 Å². The van der Waals surface area contributed by atoms with Crippen LogP contribution in [-0.4, -0.2) is 23.7 Å². The Labute approximate surface area is 111 Å². The molecule has 2 heterocycles. The Morgan fingerprint density at radius 2 is 2.33 bits per heavy atom. The summed E-state index contributed by atoms with van der Waals surface area (Å²) in [6.45, 7) is 4.83. The van der Waals surface area contributed by atoms with Gasteiger partial charge in [0.15, 0.2) is 0 Å². The average Bonchev–Trinajstić information content (AvgIpc) is 2.95. The van der Waals surface area contributed by atoms with Gasteiger partial charge in [-0.3, -0.25) is 0 Å². The molecule has 1 aliphatic heterocycles. The Kier molecular flexibility index (Phi) is 3.33. The summed E-state index contributed by atoms with van der Waals surface area (Å²) in [5.74, 6) is 0. The molecule has 0 amide bonds. The van der Waals surface area contributed by atoms with Gasteiger partial charge in [-0.1, -0.05) is 12.1 Å². The summed E-state index contributed by atoms with van der Waals surface area (Å²) in [7, 11) is 0. The lowest BCUT2D eigenvalue weighted by atomic mass is 10.0. The smallest absolute Gasteiger partial charge is 0.108 e. The van der Waals surface area contributed by atoms with Crippen LogP contribution in [-0.2, 0) is 11.3 Å². The molecule has 1 N–H and O–H groups in total. The lowest BCUT2D eigenvalue weighted by Gasteiger charge is -2.23. The van der Waals surface area contributed by atoms with Gasteiger partial charge in [-0.25, -0.2) is 4.98 Å². The van der Waals surface area contributed by atoms with Crippen LogP contribution >= 0.6 is 11.3 Å². The standard InChI is InChI=1S/C14H18N2OS/c1-14(7-4-8-17-14)10-15-9-13-16-11-5-2-3-6-12(11)18-13/h2-3,5-6,15H,4,7-10H2,1H3. The van der Waals surface area contributed by atoms with Crippen LogP contribution in [0.2, 0.25) is 0 Å². The van der Waals surface area contributed by atoms with Crippen LogP contribution in [0.4, 0.5) is 0 Å². The highest BCUT2D eigenvalue weighted by atomic mass is 32.1. The van der Waals surface area contributed by atoms with E-state index in [1.54, 1.807) is 11.3 Å². The number of rotatable bonds is 4. The van der Waals surface area contributed by atoms with Crippen LogP contribution in [0, 0.1) is 0 Å². The van der Waals surface area contributed by atoms with Crippen molar-refractivity contribution in [2.75, 3.05) is 13.2 Å². The molecule has 18 heavy (non-hydrogen) atoms. The molecule has 3 nitrogen and oxygen atoms in total. The maximum absolute atomic E-state index is 5.76. The number of nitrogens with one attached hydrogen (secondary N) is 1. The molecule has 1 aromatic carbocycles. The maximum atomic E-state index is 5.76. The molecule has 1 fully saturated rings. The van der Waals surface area contributed by atoms with Gasteiger partial charge in [-0.15, -0.1) is 11.3 Å². The van der Waals surface area contributed by atoms with Crippen molar-refractivity contribution in [3.05, 3.63) is 29.3 Å². The molecule has 0 radical (unpaired) electrons. The van der Waals surface area contributed by atoms with Gasteiger partial charge in [0.25, 0.3) is 0 Å². The average molecular weight is 262 g/mol. The number of ether oxygens (including phenoxy) is 1. The predicted octanol–water partition coefficient (Wildman–Crippen LogP) is 2.96. The van der Waals surface area contributed by atoms with Gasteiger partial charge < -0.3 is 10.1 Å². The Balaban J connectivity index is 1.59. The normalized spacial score (nSPS) is 23.8. The molecule has 0 bridgehead atoms. The zero-order chi connectivity index (χ0) is 12.4. The fourth-order valence-electron chi connectivity index (χ4n) is 2.41. The molecule has 1 aliphatic rings. The summed E-state index contributed by atoms with van der Waals surface area (Å²) in [6.07, 6.45) is 2.33. The van der Waals surface area contributed by atoms with Crippen molar-refractivity contribution in [1.29, 1.82) is 0 Å². The number of thiazole rings is 1. The Morgan fingerprint density at radius 3 is 3.11 bits per heavy atom. The van der Waals surface area contributed by atoms with Crippen molar-refractivity contribution in [2.24, 2.45) is 0 Å². The van der Waals surface area contributed by atoms with Crippen molar-refractivity contribution in [3.8, 4) is 0 Å². The van der Waals surface area contributed by atoms with E-state index >= 15 is 0 Å². The molecule has 1 saturated heterocycles. The molecule has 1 unspecified atom stereocenters. The van der Waals surface area contributed by atoms with E-state index < -0.39 is 0 Å². The van der Waals surface area contributed by atoms with Crippen molar-refractivity contribution in [1.82, 2.24) is 10.3 Å². The van der Waals surface area contributed by atoms with Crippen LogP contribution in [0.5, 0.6) is 0 Å². The second-order valence-corrected chi connectivity index (χ2v) is 6.20. The topological polar surface area (TPSA) is 34.2 Å². The first-order valence-corrected chi connectivity index (χ1v) is 7.26. The molecular weight excluding hydrogens is 244 g/mol. The Hall–Kier alpha value is -0.970. The van der Waals surface area contributed by atoms with E-state index in [-0.39, 0.29) is 5.60 Å². The van der Waals surface area contributed by atoms with Crippen molar-refractivity contribution in [2.45, 2.75) is 31.9 Å².